The van der Waals surface area contributed by atoms with Gasteiger partial charge < -0.3 is 10.6 Å². The molecular formula is C15H14ClN3O2. The maximum atomic E-state index is 12.0. The smallest absolute Gasteiger partial charge is 0.252 e. The van der Waals surface area contributed by atoms with E-state index in [1.807, 2.05) is 0 Å². The monoisotopic (exact) mass is 303 g/mol. The Labute approximate surface area is 127 Å². The Kier molecular flexibility index (Phi) is 4.90. The van der Waals surface area contributed by atoms with E-state index in [0.717, 1.165) is 0 Å². The van der Waals surface area contributed by atoms with Gasteiger partial charge in [-0.15, -0.1) is 0 Å². The molecule has 2 N–H and O–H groups in total. The second-order valence-electron chi connectivity index (χ2n) is 4.43. The normalized spacial score (nSPS) is 11.5. The summed E-state index contributed by atoms with van der Waals surface area (Å²) in [6.45, 7) is 1.62. The van der Waals surface area contributed by atoms with Crippen molar-refractivity contribution < 1.29 is 9.59 Å². The third kappa shape index (κ3) is 4.29. The van der Waals surface area contributed by atoms with Crippen molar-refractivity contribution >= 4 is 29.1 Å². The van der Waals surface area contributed by atoms with Crippen LogP contribution >= 0.6 is 11.6 Å². The molecule has 0 aliphatic carbocycles. The zero-order valence-corrected chi connectivity index (χ0v) is 12.1. The first kappa shape index (κ1) is 15.0. The van der Waals surface area contributed by atoms with Gasteiger partial charge in [-0.1, -0.05) is 11.6 Å². The second kappa shape index (κ2) is 6.85. The van der Waals surface area contributed by atoms with E-state index >= 15 is 0 Å². The molecule has 0 bridgehead atoms. The van der Waals surface area contributed by atoms with Gasteiger partial charge in [0.25, 0.3) is 5.91 Å². The molecule has 2 aromatic rings. The van der Waals surface area contributed by atoms with E-state index < -0.39 is 6.04 Å². The summed E-state index contributed by atoms with van der Waals surface area (Å²) in [6.07, 6.45) is 3.04. The number of hydrogen-bond donors (Lipinski definition) is 2. The van der Waals surface area contributed by atoms with Crippen molar-refractivity contribution in [3.8, 4) is 0 Å². The van der Waals surface area contributed by atoms with Gasteiger partial charge in [0.2, 0.25) is 5.91 Å². The maximum absolute atomic E-state index is 12.0. The van der Waals surface area contributed by atoms with Gasteiger partial charge in [-0.25, -0.2) is 0 Å². The number of nitrogens with one attached hydrogen (secondary N) is 2. The standard InChI is InChI=1S/C15H14ClN3O2/c1-10(18-15(21)11-6-8-17-9-7-11)14(20)19-13-4-2-12(16)3-5-13/h2-10H,1H3,(H,18,21)(H,19,20)/t10-/m0/s1. The minimum absolute atomic E-state index is 0.306. The molecule has 21 heavy (non-hydrogen) atoms. The summed E-state index contributed by atoms with van der Waals surface area (Å²) in [5, 5.41) is 5.91. The highest BCUT2D eigenvalue weighted by Crippen LogP contribution is 2.13. The number of rotatable bonds is 4. The largest absolute Gasteiger partial charge is 0.341 e. The molecule has 2 amide bonds. The predicted octanol–water partition coefficient (Wildman–Crippen LogP) is 2.49. The summed E-state index contributed by atoms with van der Waals surface area (Å²) in [7, 11) is 0. The lowest BCUT2D eigenvalue weighted by Gasteiger charge is -2.14. The number of nitrogens with zero attached hydrogens (tertiary/aromatic N) is 1. The maximum Gasteiger partial charge on any atom is 0.252 e. The van der Waals surface area contributed by atoms with Crippen LogP contribution in [0.2, 0.25) is 5.02 Å². The molecule has 0 aliphatic heterocycles. The lowest BCUT2D eigenvalue weighted by Crippen LogP contribution is -2.41. The molecule has 6 heteroatoms. The zero-order chi connectivity index (χ0) is 15.2. The Morgan fingerprint density at radius 1 is 1.10 bits per heavy atom. The number of carbonyl (C=O) groups is 2. The van der Waals surface area contributed by atoms with Gasteiger partial charge in [0.05, 0.1) is 0 Å². The Balaban J connectivity index is 1.93. The molecule has 1 atom stereocenters. The van der Waals surface area contributed by atoms with E-state index in [4.69, 9.17) is 11.6 Å². The molecule has 1 aromatic carbocycles. The summed E-state index contributed by atoms with van der Waals surface area (Å²) in [6, 6.07) is 9.24. The van der Waals surface area contributed by atoms with Gasteiger partial charge in [-0.2, -0.15) is 0 Å². The van der Waals surface area contributed by atoms with Gasteiger partial charge in [0, 0.05) is 28.7 Å². The second-order valence-corrected chi connectivity index (χ2v) is 4.86. The molecule has 5 nitrogen and oxygen atoms in total. The summed E-state index contributed by atoms with van der Waals surface area (Å²) in [4.78, 5) is 27.7. The van der Waals surface area contributed by atoms with Crippen molar-refractivity contribution in [2.24, 2.45) is 0 Å². The van der Waals surface area contributed by atoms with Crippen molar-refractivity contribution in [1.82, 2.24) is 10.3 Å². The Morgan fingerprint density at radius 3 is 2.33 bits per heavy atom. The van der Waals surface area contributed by atoms with Crippen molar-refractivity contribution in [1.29, 1.82) is 0 Å². The van der Waals surface area contributed by atoms with Gasteiger partial charge in [-0.3, -0.25) is 14.6 Å². The molecule has 0 radical (unpaired) electrons. The summed E-state index contributed by atoms with van der Waals surface area (Å²) >= 11 is 5.77. The molecule has 0 aliphatic rings. The number of amides is 2. The molecule has 2 rings (SSSR count). The third-order valence-electron chi connectivity index (χ3n) is 2.80. The molecule has 1 heterocycles. The van der Waals surface area contributed by atoms with Gasteiger partial charge in [0.1, 0.15) is 6.04 Å². The van der Waals surface area contributed by atoms with Crippen LogP contribution in [-0.4, -0.2) is 22.8 Å². The molecular weight excluding hydrogens is 290 g/mol. The number of aromatic nitrogens is 1. The third-order valence-corrected chi connectivity index (χ3v) is 3.05. The van der Waals surface area contributed by atoms with Crippen molar-refractivity contribution in [3.63, 3.8) is 0 Å². The zero-order valence-electron chi connectivity index (χ0n) is 11.3. The van der Waals surface area contributed by atoms with Gasteiger partial charge >= 0.3 is 0 Å². The molecule has 1 aromatic heterocycles. The number of hydrogen-bond acceptors (Lipinski definition) is 3. The lowest BCUT2D eigenvalue weighted by molar-refractivity contribution is -0.117. The summed E-state index contributed by atoms with van der Waals surface area (Å²) in [5.74, 6) is -0.629. The molecule has 108 valence electrons. The fourth-order valence-corrected chi connectivity index (χ4v) is 1.76. The number of anilines is 1. The average Bonchev–Trinajstić information content (AvgIpc) is 2.50. The summed E-state index contributed by atoms with van der Waals surface area (Å²) < 4.78 is 0. The first-order valence-corrected chi connectivity index (χ1v) is 6.71. The topological polar surface area (TPSA) is 71.1 Å². The van der Waals surface area contributed by atoms with Crippen LogP contribution in [0.4, 0.5) is 5.69 Å². The highest BCUT2D eigenvalue weighted by Gasteiger charge is 2.16. The number of carbonyl (C=O) groups excluding carboxylic acids is 2. The Bertz CT molecular complexity index is 629. The summed E-state index contributed by atoms with van der Waals surface area (Å²) in [5.41, 5.74) is 1.07. The van der Waals surface area contributed by atoms with Crippen molar-refractivity contribution in [3.05, 3.63) is 59.4 Å². The molecule has 0 unspecified atom stereocenters. The fraction of sp³-hybridized carbons (Fsp3) is 0.133. The van der Waals surface area contributed by atoms with Crippen LogP contribution in [0, 0.1) is 0 Å². The SMILES string of the molecule is C[C@H](NC(=O)c1ccncc1)C(=O)Nc1ccc(Cl)cc1. The minimum Gasteiger partial charge on any atom is -0.341 e. The van der Waals surface area contributed by atoms with Crippen LogP contribution < -0.4 is 10.6 Å². The Morgan fingerprint density at radius 2 is 1.71 bits per heavy atom. The van der Waals surface area contributed by atoms with E-state index in [2.05, 4.69) is 15.6 Å². The highest BCUT2D eigenvalue weighted by atomic mass is 35.5. The number of pyridine rings is 1. The fourth-order valence-electron chi connectivity index (χ4n) is 1.63. The lowest BCUT2D eigenvalue weighted by atomic mass is 10.2. The molecule has 0 saturated heterocycles. The molecule has 0 fully saturated rings. The predicted molar refractivity (Wildman–Crippen MR) is 81.2 cm³/mol. The van der Waals surface area contributed by atoms with Crippen LogP contribution in [0.3, 0.4) is 0 Å². The van der Waals surface area contributed by atoms with Gasteiger partial charge in [-0.05, 0) is 43.3 Å². The van der Waals surface area contributed by atoms with Crippen LogP contribution in [0.5, 0.6) is 0 Å². The van der Waals surface area contributed by atoms with Crippen LogP contribution in [0.1, 0.15) is 17.3 Å². The quantitative estimate of drug-likeness (QED) is 0.911. The first-order chi connectivity index (χ1) is 10.1. The van der Waals surface area contributed by atoms with E-state index in [9.17, 15) is 9.59 Å². The Hall–Kier alpha value is -2.40. The van der Waals surface area contributed by atoms with E-state index in [0.29, 0.717) is 16.3 Å². The number of benzene rings is 1. The van der Waals surface area contributed by atoms with Crippen LogP contribution in [0.15, 0.2) is 48.8 Å². The van der Waals surface area contributed by atoms with Crippen LogP contribution in [-0.2, 0) is 4.79 Å². The van der Waals surface area contributed by atoms with Gasteiger partial charge in [0.15, 0.2) is 0 Å². The van der Waals surface area contributed by atoms with Crippen LogP contribution in [0.25, 0.3) is 0 Å². The van der Waals surface area contributed by atoms with E-state index in [1.165, 1.54) is 12.4 Å². The van der Waals surface area contributed by atoms with E-state index in [-0.39, 0.29) is 11.8 Å². The highest BCUT2D eigenvalue weighted by molar-refractivity contribution is 6.30. The van der Waals surface area contributed by atoms with Crippen molar-refractivity contribution in [2.75, 3.05) is 5.32 Å². The molecule has 0 spiro atoms. The first-order valence-electron chi connectivity index (χ1n) is 6.33. The molecule has 0 saturated carbocycles. The number of halogens is 1. The van der Waals surface area contributed by atoms with Crippen molar-refractivity contribution in [2.45, 2.75) is 13.0 Å². The minimum atomic E-state index is -0.665. The van der Waals surface area contributed by atoms with E-state index in [1.54, 1.807) is 43.3 Å². The average molecular weight is 304 g/mol.